The highest BCUT2D eigenvalue weighted by atomic mass is 35.5. The highest BCUT2D eigenvalue weighted by Gasteiger charge is 2.18. The number of carbonyl (C=O) groups excluding carboxylic acids is 1. The number of pyridine rings is 2. The molecule has 1 fully saturated rings. The third-order valence-electron chi connectivity index (χ3n) is 5.55. The zero-order chi connectivity index (χ0) is 22.1. The number of nitrogens with zero attached hydrogens (tertiary/aromatic N) is 2. The van der Waals surface area contributed by atoms with Crippen molar-refractivity contribution in [2.45, 2.75) is 33.1 Å². The van der Waals surface area contributed by atoms with Crippen molar-refractivity contribution in [1.29, 1.82) is 0 Å². The first kappa shape index (κ1) is 23.4. The van der Waals surface area contributed by atoms with E-state index in [9.17, 15) is 4.79 Å². The second kappa shape index (κ2) is 12.0. The molecule has 168 valence electrons. The van der Waals surface area contributed by atoms with Gasteiger partial charge in [-0.3, -0.25) is 4.79 Å². The van der Waals surface area contributed by atoms with Gasteiger partial charge in [0.05, 0.1) is 16.6 Å². The molecule has 0 radical (unpaired) electrons. The molecule has 3 heterocycles. The minimum atomic E-state index is -0.114. The lowest BCUT2D eigenvalue weighted by molar-refractivity contribution is -0.119. The van der Waals surface area contributed by atoms with Gasteiger partial charge in [-0.2, -0.15) is 0 Å². The number of rotatable bonds is 10. The molecular formula is C23H32ClN5O2. The number of hydrogen-bond acceptors (Lipinski definition) is 6. The van der Waals surface area contributed by atoms with Crippen molar-refractivity contribution >= 4 is 29.1 Å². The summed E-state index contributed by atoms with van der Waals surface area (Å²) in [4.78, 5) is 21.6. The Balaban J connectivity index is 1.70. The number of halogens is 1. The number of nitrogens with one attached hydrogen (secondary N) is 3. The maximum Gasteiger partial charge on any atom is 0.229 e. The van der Waals surface area contributed by atoms with Crippen LogP contribution in [-0.2, 0) is 9.53 Å². The second-order valence-corrected chi connectivity index (χ2v) is 8.20. The van der Waals surface area contributed by atoms with Crippen molar-refractivity contribution in [2.24, 2.45) is 11.8 Å². The molecule has 8 heteroatoms. The van der Waals surface area contributed by atoms with E-state index in [1.54, 1.807) is 12.3 Å². The number of hydrogen-bond donors (Lipinski definition) is 3. The van der Waals surface area contributed by atoms with Crippen LogP contribution in [0.3, 0.4) is 0 Å². The molecular weight excluding hydrogens is 414 g/mol. The lowest BCUT2D eigenvalue weighted by atomic mass is 10.0. The molecule has 0 saturated carbocycles. The molecule has 2 aromatic heterocycles. The summed E-state index contributed by atoms with van der Waals surface area (Å²) < 4.78 is 5.42. The number of ether oxygens (including phenoxy) is 1. The quantitative estimate of drug-likeness (QED) is 0.507. The summed E-state index contributed by atoms with van der Waals surface area (Å²) in [5.41, 5.74) is 1.47. The Hall–Kier alpha value is -2.22. The Morgan fingerprint density at radius 3 is 2.81 bits per heavy atom. The minimum Gasteiger partial charge on any atom is -0.381 e. The Morgan fingerprint density at radius 2 is 2.06 bits per heavy atom. The highest BCUT2D eigenvalue weighted by molar-refractivity contribution is 6.33. The number of aromatic nitrogens is 2. The van der Waals surface area contributed by atoms with Gasteiger partial charge >= 0.3 is 0 Å². The van der Waals surface area contributed by atoms with Crippen LogP contribution < -0.4 is 16.0 Å². The number of carbonyl (C=O) groups is 1. The first-order valence-corrected chi connectivity index (χ1v) is 11.4. The molecule has 0 bridgehead atoms. The Labute approximate surface area is 189 Å². The van der Waals surface area contributed by atoms with Crippen LogP contribution in [0.4, 0.5) is 11.6 Å². The molecule has 0 aromatic carbocycles. The van der Waals surface area contributed by atoms with E-state index in [2.05, 4.69) is 20.9 Å². The van der Waals surface area contributed by atoms with Gasteiger partial charge in [-0.15, -0.1) is 0 Å². The summed E-state index contributed by atoms with van der Waals surface area (Å²) in [6, 6.07) is 7.59. The topological polar surface area (TPSA) is 88.2 Å². The summed E-state index contributed by atoms with van der Waals surface area (Å²) in [7, 11) is 0. The van der Waals surface area contributed by atoms with E-state index in [4.69, 9.17) is 21.3 Å². The minimum absolute atomic E-state index is 0.0518. The van der Waals surface area contributed by atoms with Crippen molar-refractivity contribution < 1.29 is 9.53 Å². The molecule has 0 aliphatic carbocycles. The van der Waals surface area contributed by atoms with Gasteiger partial charge in [0.1, 0.15) is 11.6 Å². The molecule has 1 aliphatic heterocycles. The third kappa shape index (κ3) is 6.89. The first-order chi connectivity index (χ1) is 15.1. The molecule has 1 amide bonds. The van der Waals surface area contributed by atoms with Gasteiger partial charge < -0.3 is 20.7 Å². The van der Waals surface area contributed by atoms with Crippen molar-refractivity contribution in [3.63, 3.8) is 0 Å². The van der Waals surface area contributed by atoms with Crippen LogP contribution in [0.1, 0.15) is 33.1 Å². The Bertz CT molecular complexity index is 858. The van der Waals surface area contributed by atoms with E-state index in [1.165, 1.54) is 0 Å². The highest BCUT2D eigenvalue weighted by Crippen LogP contribution is 2.29. The summed E-state index contributed by atoms with van der Waals surface area (Å²) in [5, 5.41) is 10.1. The van der Waals surface area contributed by atoms with E-state index in [1.807, 2.05) is 32.0 Å². The second-order valence-electron chi connectivity index (χ2n) is 7.80. The SMILES string of the molecule is CCNCC(CC)C(=O)Nc1cc(-c2cccc(NCC3CCOCC3)n2)c(Cl)cn1. The molecule has 1 saturated heterocycles. The third-order valence-corrected chi connectivity index (χ3v) is 5.85. The Morgan fingerprint density at radius 1 is 1.26 bits per heavy atom. The predicted molar refractivity (Wildman–Crippen MR) is 125 cm³/mol. The molecule has 3 rings (SSSR count). The molecule has 3 N–H and O–H groups in total. The number of amides is 1. The van der Waals surface area contributed by atoms with E-state index >= 15 is 0 Å². The van der Waals surface area contributed by atoms with Gasteiger partial charge in [0.25, 0.3) is 0 Å². The largest absolute Gasteiger partial charge is 0.381 e. The molecule has 1 atom stereocenters. The average Bonchev–Trinajstić information content (AvgIpc) is 2.80. The van der Waals surface area contributed by atoms with Gasteiger partial charge in [-0.25, -0.2) is 9.97 Å². The van der Waals surface area contributed by atoms with Gasteiger partial charge in [0.15, 0.2) is 0 Å². The number of anilines is 2. The van der Waals surface area contributed by atoms with Gasteiger partial charge in [0, 0.05) is 38.1 Å². The normalized spacial score (nSPS) is 15.5. The molecule has 2 aromatic rings. The average molecular weight is 446 g/mol. The maximum atomic E-state index is 12.6. The fourth-order valence-corrected chi connectivity index (χ4v) is 3.76. The molecule has 1 unspecified atom stereocenters. The van der Waals surface area contributed by atoms with Crippen LogP contribution >= 0.6 is 11.6 Å². The first-order valence-electron chi connectivity index (χ1n) is 11.1. The van der Waals surface area contributed by atoms with Crippen LogP contribution in [0.2, 0.25) is 5.02 Å². The lowest BCUT2D eigenvalue weighted by Gasteiger charge is -2.22. The fraction of sp³-hybridized carbons (Fsp3) is 0.522. The van der Waals surface area contributed by atoms with E-state index < -0.39 is 0 Å². The van der Waals surface area contributed by atoms with Crippen LogP contribution in [0.5, 0.6) is 0 Å². The fourth-order valence-electron chi connectivity index (χ4n) is 3.56. The molecule has 0 spiro atoms. The van der Waals surface area contributed by atoms with E-state index in [0.717, 1.165) is 62.6 Å². The van der Waals surface area contributed by atoms with Crippen molar-refractivity contribution in [3.8, 4) is 11.3 Å². The lowest BCUT2D eigenvalue weighted by Crippen LogP contribution is -2.32. The van der Waals surface area contributed by atoms with Crippen LogP contribution in [-0.4, -0.2) is 48.7 Å². The summed E-state index contributed by atoms with van der Waals surface area (Å²) in [6.45, 7) is 8.03. The predicted octanol–water partition coefficient (Wildman–Crippen LogP) is 4.21. The van der Waals surface area contributed by atoms with Gasteiger partial charge in [-0.1, -0.05) is 31.5 Å². The van der Waals surface area contributed by atoms with Gasteiger partial charge in [-0.05, 0) is 49.9 Å². The standard InChI is InChI=1S/C23H32ClN5O2/c1-3-17(14-25-4-2)23(30)29-22-12-18(19(24)15-27-22)20-6-5-7-21(28-20)26-13-16-8-10-31-11-9-16/h5-7,12,15-17,25H,3-4,8-11,13-14H2,1-2H3,(H,26,28)(H,27,29,30). The van der Waals surface area contributed by atoms with Crippen LogP contribution in [0.25, 0.3) is 11.3 Å². The maximum absolute atomic E-state index is 12.6. The zero-order valence-electron chi connectivity index (χ0n) is 18.3. The van der Waals surface area contributed by atoms with Crippen molar-refractivity contribution in [1.82, 2.24) is 15.3 Å². The van der Waals surface area contributed by atoms with Crippen molar-refractivity contribution in [3.05, 3.63) is 35.5 Å². The van der Waals surface area contributed by atoms with Crippen molar-refractivity contribution in [2.75, 3.05) is 43.5 Å². The van der Waals surface area contributed by atoms with E-state index in [0.29, 0.717) is 23.3 Å². The monoisotopic (exact) mass is 445 g/mol. The molecule has 7 nitrogen and oxygen atoms in total. The van der Waals surface area contributed by atoms with Gasteiger partial charge in [0.2, 0.25) is 5.91 Å². The zero-order valence-corrected chi connectivity index (χ0v) is 19.0. The summed E-state index contributed by atoms with van der Waals surface area (Å²) in [6.07, 6.45) is 4.44. The van der Waals surface area contributed by atoms with E-state index in [-0.39, 0.29) is 11.8 Å². The Kier molecular flexibility index (Phi) is 9.06. The summed E-state index contributed by atoms with van der Waals surface area (Å²) in [5.74, 6) is 1.71. The summed E-state index contributed by atoms with van der Waals surface area (Å²) >= 11 is 6.42. The smallest absolute Gasteiger partial charge is 0.229 e. The van der Waals surface area contributed by atoms with Crippen LogP contribution in [0, 0.1) is 11.8 Å². The molecule has 31 heavy (non-hydrogen) atoms. The van der Waals surface area contributed by atoms with Crippen LogP contribution in [0.15, 0.2) is 30.5 Å². The molecule has 1 aliphatic rings.